The molecule has 0 saturated carbocycles. The lowest BCUT2D eigenvalue weighted by molar-refractivity contribution is -0.156. The minimum Gasteiger partial charge on any atom is -0.376 e. The zero-order valence-corrected chi connectivity index (χ0v) is 19.0. The molecule has 5 rings (SSSR count). The van der Waals surface area contributed by atoms with Crippen LogP contribution in [0.3, 0.4) is 0 Å². The Morgan fingerprint density at radius 2 is 1.85 bits per heavy atom. The van der Waals surface area contributed by atoms with E-state index in [9.17, 15) is 24.3 Å². The van der Waals surface area contributed by atoms with Gasteiger partial charge in [0.15, 0.2) is 0 Å². The smallest absolute Gasteiger partial charge is 0.329 e. The van der Waals surface area contributed by atoms with E-state index in [1.54, 1.807) is 28.1 Å². The van der Waals surface area contributed by atoms with E-state index < -0.39 is 24.6 Å². The van der Waals surface area contributed by atoms with Crippen LogP contribution in [0.15, 0.2) is 36.5 Å². The monoisotopic (exact) mass is 463 g/mol. The van der Waals surface area contributed by atoms with E-state index in [1.165, 1.54) is 4.90 Å². The van der Waals surface area contributed by atoms with Gasteiger partial charge in [0, 0.05) is 36.5 Å². The number of amides is 5. The summed E-state index contributed by atoms with van der Waals surface area (Å²) >= 11 is 0. The number of anilines is 2. The number of carbonyl (C=O) groups excluding carboxylic acids is 4. The normalized spacial score (nSPS) is 22.8. The molecule has 5 amide bonds. The first-order valence-corrected chi connectivity index (χ1v) is 11.2. The quantitative estimate of drug-likeness (QED) is 0.690. The number of carbonyl (C=O) groups is 4. The molecule has 2 saturated heterocycles. The Balaban J connectivity index is 1.38. The van der Waals surface area contributed by atoms with Gasteiger partial charge in [0.05, 0.1) is 17.9 Å². The highest BCUT2D eigenvalue weighted by Crippen LogP contribution is 2.34. The first-order chi connectivity index (χ1) is 16.3. The van der Waals surface area contributed by atoms with Crippen molar-refractivity contribution in [3.05, 3.63) is 53.3 Å². The van der Waals surface area contributed by atoms with Crippen molar-refractivity contribution in [3.63, 3.8) is 0 Å². The number of piperidine rings is 1. The number of fused-ring (bicyclic) bond motifs is 1. The standard InChI is InChI=1S/C24H25N5O5/c1-14-3-4-18(10-25-14)29-15(2)11-26(24(29)34)17-5-6-19-16(9-17)12-27(22(19)32)20-7-8-21(31)28(13-30)23(20)33/h3-6,9-10,15,20,30H,7-8,11-13H2,1-2H3. The van der Waals surface area contributed by atoms with E-state index in [-0.39, 0.29) is 37.4 Å². The molecule has 1 aromatic heterocycles. The number of rotatable bonds is 4. The molecule has 0 bridgehead atoms. The van der Waals surface area contributed by atoms with Gasteiger partial charge in [-0.15, -0.1) is 0 Å². The number of aryl methyl sites for hydroxylation is 1. The number of imide groups is 1. The predicted octanol–water partition coefficient (Wildman–Crippen LogP) is 1.65. The Kier molecular flexibility index (Phi) is 5.32. The lowest BCUT2D eigenvalue weighted by Crippen LogP contribution is -2.54. The van der Waals surface area contributed by atoms with E-state index in [0.29, 0.717) is 17.8 Å². The van der Waals surface area contributed by atoms with E-state index in [0.717, 1.165) is 21.8 Å². The van der Waals surface area contributed by atoms with Gasteiger partial charge in [-0.1, -0.05) is 0 Å². The van der Waals surface area contributed by atoms with E-state index in [4.69, 9.17) is 0 Å². The van der Waals surface area contributed by atoms with Crippen molar-refractivity contribution >= 4 is 35.1 Å². The fourth-order valence-electron chi connectivity index (χ4n) is 4.93. The number of hydrogen-bond donors (Lipinski definition) is 1. The van der Waals surface area contributed by atoms with Crippen molar-refractivity contribution < 1.29 is 24.3 Å². The maximum atomic E-state index is 13.3. The van der Waals surface area contributed by atoms with Crippen LogP contribution in [0, 0.1) is 6.92 Å². The van der Waals surface area contributed by atoms with Crippen LogP contribution in [0.25, 0.3) is 0 Å². The van der Waals surface area contributed by atoms with Crippen LogP contribution in [-0.4, -0.2) is 69.0 Å². The Hall–Kier alpha value is -3.79. The summed E-state index contributed by atoms with van der Waals surface area (Å²) in [4.78, 5) is 60.8. The molecule has 0 radical (unpaired) electrons. The molecule has 2 aromatic rings. The number of benzene rings is 1. The molecule has 3 aliphatic rings. The zero-order chi connectivity index (χ0) is 24.1. The molecule has 10 nitrogen and oxygen atoms in total. The number of aliphatic hydroxyl groups excluding tert-OH is 1. The van der Waals surface area contributed by atoms with E-state index in [1.807, 2.05) is 32.0 Å². The number of pyridine rings is 1. The zero-order valence-electron chi connectivity index (χ0n) is 19.0. The third-order valence-corrected chi connectivity index (χ3v) is 6.73. The molecule has 1 N–H and O–H groups in total. The van der Waals surface area contributed by atoms with Gasteiger partial charge in [-0.25, -0.2) is 4.79 Å². The van der Waals surface area contributed by atoms with Crippen molar-refractivity contribution in [2.45, 2.75) is 45.3 Å². The Bertz CT molecular complexity index is 1200. The number of nitrogens with zero attached hydrogens (tertiary/aromatic N) is 5. The molecular formula is C24H25N5O5. The Morgan fingerprint density at radius 1 is 1.09 bits per heavy atom. The predicted molar refractivity (Wildman–Crippen MR) is 122 cm³/mol. The summed E-state index contributed by atoms with van der Waals surface area (Å²) in [6.45, 7) is 3.85. The van der Waals surface area contributed by atoms with Crippen molar-refractivity contribution in [3.8, 4) is 0 Å². The maximum absolute atomic E-state index is 13.3. The minimum atomic E-state index is -0.800. The van der Waals surface area contributed by atoms with Crippen LogP contribution in [0.4, 0.5) is 16.2 Å². The van der Waals surface area contributed by atoms with Gasteiger partial charge in [-0.2, -0.15) is 0 Å². The average Bonchev–Trinajstić information content (AvgIpc) is 3.30. The molecule has 2 unspecified atom stereocenters. The summed E-state index contributed by atoms with van der Waals surface area (Å²) in [5.41, 5.74) is 3.47. The lowest BCUT2D eigenvalue weighted by atomic mass is 10.0. The molecule has 0 spiro atoms. The number of hydrogen-bond acceptors (Lipinski definition) is 6. The summed E-state index contributed by atoms with van der Waals surface area (Å²) in [5, 5.41) is 9.39. The van der Waals surface area contributed by atoms with Crippen LogP contribution >= 0.6 is 0 Å². The molecule has 4 heterocycles. The van der Waals surface area contributed by atoms with Gasteiger partial charge in [0.1, 0.15) is 12.8 Å². The van der Waals surface area contributed by atoms with Crippen LogP contribution in [0.5, 0.6) is 0 Å². The number of aliphatic hydroxyl groups is 1. The first-order valence-electron chi connectivity index (χ1n) is 11.2. The molecule has 2 atom stereocenters. The van der Waals surface area contributed by atoms with Gasteiger partial charge in [0.25, 0.3) is 11.8 Å². The molecule has 34 heavy (non-hydrogen) atoms. The number of urea groups is 1. The lowest BCUT2D eigenvalue weighted by Gasteiger charge is -2.34. The van der Waals surface area contributed by atoms with Crippen molar-refractivity contribution in [1.29, 1.82) is 0 Å². The third kappa shape index (κ3) is 3.41. The second kappa shape index (κ2) is 8.21. The van der Waals surface area contributed by atoms with Crippen molar-refractivity contribution in [2.24, 2.45) is 0 Å². The first kappa shape index (κ1) is 22.0. The van der Waals surface area contributed by atoms with Gasteiger partial charge in [-0.3, -0.25) is 34.1 Å². The van der Waals surface area contributed by atoms with Gasteiger partial charge in [-0.05, 0) is 56.2 Å². The minimum absolute atomic E-state index is 0.0646. The summed E-state index contributed by atoms with van der Waals surface area (Å²) in [6, 6.07) is 7.95. The fraction of sp³-hybridized carbons (Fsp3) is 0.375. The van der Waals surface area contributed by atoms with Gasteiger partial charge >= 0.3 is 6.03 Å². The van der Waals surface area contributed by atoms with Crippen LogP contribution in [0.2, 0.25) is 0 Å². The summed E-state index contributed by atoms with van der Waals surface area (Å²) in [7, 11) is 0. The summed E-state index contributed by atoms with van der Waals surface area (Å²) in [5.74, 6) is -1.29. The topological polar surface area (TPSA) is 114 Å². The summed E-state index contributed by atoms with van der Waals surface area (Å²) in [6.07, 6.45) is 2.00. The summed E-state index contributed by atoms with van der Waals surface area (Å²) < 4.78 is 0. The molecule has 1 aromatic carbocycles. The maximum Gasteiger partial charge on any atom is 0.329 e. The highest BCUT2D eigenvalue weighted by Gasteiger charge is 2.43. The molecular weight excluding hydrogens is 438 g/mol. The molecule has 10 heteroatoms. The third-order valence-electron chi connectivity index (χ3n) is 6.73. The fourth-order valence-corrected chi connectivity index (χ4v) is 4.93. The largest absolute Gasteiger partial charge is 0.376 e. The second-order valence-electron chi connectivity index (χ2n) is 8.90. The van der Waals surface area contributed by atoms with Gasteiger partial charge in [0.2, 0.25) is 5.91 Å². The Labute approximate surface area is 196 Å². The van der Waals surface area contributed by atoms with Crippen LogP contribution in [0.1, 0.15) is 41.4 Å². The molecule has 2 fully saturated rings. The van der Waals surface area contributed by atoms with Crippen LogP contribution < -0.4 is 9.80 Å². The highest BCUT2D eigenvalue weighted by molar-refractivity contribution is 6.08. The molecule has 0 aliphatic carbocycles. The highest BCUT2D eigenvalue weighted by atomic mass is 16.3. The van der Waals surface area contributed by atoms with E-state index in [2.05, 4.69) is 4.98 Å². The Morgan fingerprint density at radius 3 is 2.56 bits per heavy atom. The molecule has 176 valence electrons. The molecule has 3 aliphatic heterocycles. The van der Waals surface area contributed by atoms with E-state index >= 15 is 0 Å². The number of aromatic nitrogens is 1. The SMILES string of the molecule is Cc1ccc(N2C(=O)N(c3ccc4c(c3)CN(C3CCC(=O)N(CO)C3=O)C4=O)CC2C)cn1. The van der Waals surface area contributed by atoms with Crippen LogP contribution in [-0.2, 0) is 16.1 Å². The van der Waals surface area contributed by atoms with Crippen molar-refractivity contribution in [1.82, 2.24) is 14.8 Å². The van der Waals surface area contributed by atoms with Gasteiger partial charge < -0.3 is 10.0 Å². The number of likely N-dealkylation sites (tertiary alicyclic amines) is 1. The van der Waals surface area contributed by atoms with Crippen molar-refractivity contribution in [2.75, 3.05) is 23.1 Å². The second-order valence-corrected chi connectivity index (χ2v) is 8.90. The average molecular weight is 463 g/mol.